The molecule has 0 atom stereocenters. The highest BCUT2D eigenvalue weighted by Gasteiger charge is 2.32. The summed E-state index contributed by atoms with van der Waals surface area (Å²) in [7, 11) is 0. The number of carbonyl (C=O) groups is 2. The van der Waals surface area contributed by atoms with Crippen molar-refractivity contribution in [3.63, 3.8) is 0 Å². The topological polar surface area (TPSA) is 78.8 Å². The summed E-state index contributed by atoms with van der Waals surface area (Å²) >= 11 is 0. The first-order valence-electron chi connectivity index (χ1n) is 7.55. The molecule has 1 aliphatic carbocycles. The number of hydrogen-bond acceptors (Lipinski definition) is 4. The van der Waals surface area contributed by atoms with E-state index in [9.17, 15) is 14.7 Å². The number of anilines is 1. The number of aliphatic imine (C=N–C) groups is 1. The van der Waals surface area contributed by atoms with Crippen molar-refractivity contribution in [1.29, 1.82) is 0 Å². The van der Waals surface area contributed by atoms with Gasteiger partial charge in [0, 0.05) is 31.7 Å². The first kappa shape index (κ1) is 16.9. The summed E-state index contributed by atoms with van der Waals surface area (Å²) in [5, 5.41) is 12.8. The van der Waals surface area contributed by atoms with Gasteiger partial charge in [0.05, 0.1) is 11.3 Å². The van der Waals surface area contributed by atoms with Crippen LogP contribution in [-0.2, 0) is 9.59 Å². The maximum atomic E-state index is 12.1. The Balaban J connectivity index is 2.27. The first-order chi connectivity index (χ1) is 10.7. The van der Waals surface area contributed by atoms with Crippen molar-refractivity contribution in [2.75, 3.05) is 5.32 Å². The van der Waals surface area contributed by atoms with Gasteiger partial charge in [0.2, 0.25) is 5.91 Å². The largest absolute Gasteiger partial charge is 0.511 e. The molecule has 23 heavy (non-hydrogen) atoms. The number of aryl methyl sites for hydroxylation is 1. The van der Waals surface area contributed by atoms with Crippen molar-refractivity contribution in [2.24, 2.45) is 10.4 Å². The summed E-state index contributed by atoms with van der Waals surface area (Å²) < 4.78 is 0. The van der Waals surface area contributed by atoms with E-state index < -0.39 is 0 Å². The van der Waals surface area contributed by atoms with E-state index in [4.69, 9.17) is 0 Å². The van der Waals surface area contributed by atoms with Crippen LogP contribution in [0.4, 0.5) is 11.4 Å². The van der Waals surface area contributed by atoms with Gasteiger partial charge in [-0.1, -0.05) is 19.9 Å². The number of aliphatic hydroxyl groups is 1. The second kappa shape index (κ2) is 6.36. The van der Waals surface area contributed by atoms with E-state index in [1.165, 1.54) is 13.1 Å². The van der Waals surface area contributed by atoms with Crippen LogP contribution in [0.2, 0.25) is 0 Å². The monoisotopic (exact) mass is 314 g/mol. The third-order valence-corrected chi connectivity index (χ3v) is 3.77. The second-order valence-corrected chi connectivity index (χ2v) is 6.74. The summed E-state index contributed by atoms with van der Waals surface area (Å²) in [5.41, 5.74) is 2.27. The molecule has 5 nitrogen and oxygen atoms in total. The highest BCUT2D eigenvalue weighted by molar-refractivity contribution is 6.15. The Morgan fingerprint density at radius 2 is 2.04 bits per heavy atom. The van der Waals surface area contributed by atoms with Crippen molar-refractivity contribution >= 4 is 29.3 Å². The number of amides is 1. The molecule has 1 aromatic carbocycles. The number of nitrogens with zero attached hydrogens (tertiary/aromatic N) is 1. The molecule has 0 aliphatic heterocycles. The quantitative estimate of drug-likeness (QED) is 0.832. The molecule has 0 saturated heterocycles. The van der Waals surface area contributed by atoms with Crippen LogP contribution in [0.25, 0.3) is 0 Å². The smallest absolute Gasteiger partial charge is 0.221 e. The predicted molar refractivity (Wildman–Crippen MR) is 91.3 cm³/mol. The van der Waals surface area contributed by atoms with Crippen molar-refractivity contribution < 1.29 is 14.7 Å². The number of rotatable bonds is 3. The number of Topliss-reactive ketones (excluding diaryl/α,β-unsaturated/α-hetero) is 1. The molecule has 0 saturated carbocycles. The molecule has 0 aromatic heterocycles. The molecule has 0 radical (unpaired) electrons. The Morgan fingerprint density at radius 3 is 2.65 bits per heavy atom. The van der Waals surface area contributed by atoms with Crippen LogP contribution in [0, 0.1) is 12.3 Å². The Labute approximate surface area is 136 Å². The maximum Gasteiger partial charge on any atom is 0.221 e. The van der Waals surface area contributed by atoms with Gasteiger partial charge in [-0.3, -0.25) is 14.6 Å². The third-order valence-electron chi connectivity index (χ3n) is 3.77. The molecule has 0 fully saturated rings. The maximum absolute atomic E-state index is 12.1. The van der Waals surface area contributed by atoms with Gasteiger partial charge >= 0.3 is 0 Å². The zero-order valence-electron chi connectivity index (χ0n) is 13.9. The molecular weight excluding hydrogens is 292 g/mol. The molecule has 2 rings (SSSR count). The normalized spacial score (nSPS) is 17.7. The molecule has 0 unspecified atom stereocenters. The van der Waals surface area contributed by atoms with Crippen LogP contribution in [0.3, 0.4) is 0 Å². The highest BCUT2D eigenvalue weighted by atomic mass is 16.3. The van der Waals surface area contributed by atoms with Gasteiger partial charge in [0.15, 0.2) is 5.78 Å². The van der Waals surface area contributed by atoms with E-state index >= 15 is 0 Å². The van der Waals surface area contributed by atoms with Crippen molar-refractivity contribution in [3.8, 4) is 0 Å². The lowest BCUT2D eigenvalue weighted by atomic mass is 9.77. The minimum absolute atomic E-state index is 0.0872. The van der Waals surface area contributed by atoms with Gasteiger partial charge in [-0.05, 0) is 30.0 Å². The van der Waals surface area contributed by atoms with Crippen LogP contribution in [0.15, 0.2) is 34.5 Å². The Kier molecular flexibility index (Phi) is 4.68. The number of aliphatic hydroxyl groups excluding tert-OH is 1. The van der Waals surface area contributed by atoms with Crippen LogP contribution in [0.5, 0.6) is 0 Å². The second-order valence-electron chi connectivity index (χ2n) is 6.74. The number of nitrogens with one attached hydrogen (secondary N) is 1. The number of benzene rings is 1. The summed E-state index contributed by atoms with van der Waals surface area (Å²) in [6, 6.07) is 5.38. The van der Waals surface area contributed by atoms with E-state index in [1.54, 1.807) is 12.1 Å². The molecule has 0 bridgehead atoms. The summed E-state index contributed by atoms with van der Waals surface area (Å²) in [6.07, 6.45) is 2.27. The van der Waals surface area contributed by atoms with Crippen molar-refractivity contribution in [3.05, 3.63) is 35.1 Å². The summed E-state index contributed by atoms with van der Waals surface area (Å²) in [4.78, 5) is 27.6. The molecule has 2 N–H and O–H groups in total. The molecule has 1 aliphatic rings. The average Bonchev–Trinajstić information content (AvgIpc) is 2.39. The number of ketones is 1. The van der Waals surface area contributed by atoms with Gasteiger partial charge < -0.3 is 10.4 Å². The van der Waals surface area contributed by atoms with E-state index in [0.717, 1.165) is 5.56 Å². The van der Waals surface area contributed by atoms with Crippen LogP contribution in [-0.4, -0.2) is 23.0 Å². The van der Waals surface area contributed by atoms with Gasteiger partial charge in [0.25, 0.3) is 0 Å². The Hall–Kier alpha value is -2.43. The molecule has 1 aromatic rings. The number of allylic oxidation sites excluding steroid dienone is 2. The van der Waals surface area contributed by atoms with Crippen molar-refractivity contribution in [1.82, 2.24) is 0 Å². The molecule has 122 valence electrons. The molecule has 0 spiro atoms. The minimum atomic E-state index is -0.221. The van der Waals surface area contributed by atoms with Gasteiger partial charge in [0.1, 0.15) is 5.76 Å². The Morgan fingerprint density at radius 1 is 1.35 bits per heavy atom. The van der Waals surface area contributed by atoms with E-state index in [0.29, 0.717) is 24.2 Å². The SMILES string of the molecule is CC(=O)Nc1cc(N=CC2=C(O)CC(C)(C)CC2=O)ccc1C. The van der Waals surface area contributed by atoms with E-state index in [1.807, 2.05) is 26.8 Å². The minimum Gasteiger partial charge on any atom is -0.511 e. The fourth-order valence-electron chi connectivity index (χ4n) is 2.60. The van der Waals surface area contributed by atoms with E-state index in [-0.39, 0.29) is 28.4 Å². The zero-order chi connectivity index (χ0) is 17.2. The standard InChI is InChI=1S/C18H22N2O3/c1-11-5-6-13(7-15(11)20-12(2)21)19-10-14-16(22)8-18(3,4)9-17(14)23/h5-7,10,22H,8-9H2,1-4H3,(H,20,21). The highest BCUT2D eigenvalue weighted by Crippen LogP contribution is 2.35. The van der Waals surface area contributed by atoms with Crippen LogP contribution < -0.4 is 5.32 Å². The predicted octanol–water partition coefficient (Wildman–Crippen LogP) is 3.86. The zero-order valence-corrected chi connectivity index (χ0v) is 13.9. The number of hydrogen-bond donors (Lipinski definition) is 2. The van der Waals surface area contributed by atoms with E-state index in [2.05, 4.69) is 10.3 Å². The van der Waals surface area contributed by atoms with Crippen LogP contribution in [0.1, 0.15) is 39.2 Å². The lowest BCUT2D eigenvalue weighted by Gasteiger charge is -2.28. The lowest BCUT2D eigenvalue weighted by molar-refractivity contribution is -0.118. The molecular formula is C18H22N2O3. The summed E-state index contributed by atoms with van der Waals surface area (Å²) in [5.74, 6) is -0.167. The first-order valence-corrected chi connectivity index (χ1v) is 7.55. The average molecular weight is 314 g/mol. The van der Waals surface area contributed by atoms with Crippen molar-refractivity contribution in [2.45, 2.75) is 40.5 Å². The lowest BCUT2D eigenvalue weighted by Crippen LogP contribution is -2.26. The molecule has 0 heterocycles. The fraction of sp³-hybridized carbons (Fsp3) is 0.389. The molecule has 5 heteroatoms. The summed E-state index contributed by atoms with van der Waals surface area (Å²) in [6.45, 7) is 7.24. The van der Waals surface area contributed by atoms with Gasteiger partial charge in [-0.25, -0.2) is 0 Å². The number of carbonyl (C=O) groups excluding carboxylic acids is 2. The third kappa shape index (κ3) is 4.28. The molecule has 1 amide bonds. The Bertz CT molecular complexity index is 715. The fourth-order valence-corrected chi connectivity index (χ4v) is 2.60. The van der Waals surface area contributed by atoms with Crippen LogP contribution >= 0.6 is 0 Å². The van der Waals surface area contributed by atoms with Gasteiger partial charge in [-0.2, -0.15) is 0 Å². The van der Waals surface area contributed by atoms with Gasteiger partial charge in [-0.15, -0.1) is 0 Å².